The van der Waals surface area contributed by atoms with Crippen LogP contribution < -0.4 is 10.5 Å². The van der Waals surface area contributed by atoms with Crippen LogP contribution in [0, 0.1) is 5.82 Å². The standard InChI is InChI=1S/C21H14F4N2O4S.C8H8N2/c22-14-4-8-19(32(28,29)30)16(10-14)12-1-7-17-18(9-12)27-20(26-17)11-31-15-5-2-13(3-6-15)21(23,24)25;9-8-5-6-3-1-2-4-7(6)10-8/h1-10H,11H2,(H,26,27)(H,28,29,30);1-5,10H,9H2. The van der Waals surface area contributed by atoms with Crippen molar-refractivity contribution in [2.24, 2.45) is 0 Å². The minimum absolute atomic E-state index is 0.0217. The van der Waals surface area contributed by atoms with Crippen LogP contribution in [-0.4, -0.2) is 27.9 Å². The molecule has 42 heavy (non-hydrogen) atoms. The largest absolute Gasteiger partial charge is 0.486 e. The van der Waals surface area contributed by atoms with Gasteiger partial charge in [-0.3, -0.25) is 4.55 Å². The molecule has 5 N–H and O–H groups in total. The third-order valence-electron chi connectivity index (χ3n) is 6.17. The summed E-state index contributed by atoms with van der Waals surface area (Å²) >= 11 is 0. The number of aromatic nitrogens is 3. The number of hydrogen-bond donors (Lipinski definition) is 4. The first kappa shape index (κ1) is 28.6. The van der Waals surface area contributed by atoms with E-state index < -0.39 is 32.6 Å². The molecule has 4 aromatic carbocycles. The minimum atomic E-state index is -4.58. The first-order valence-corrected chi connectivity index (χ1v) is 13.7. The van der Waals surface area contributed by atoms with E-state index in [1.165, 1.54) is 29.7 Å². The molecule has 0 saturated carbocycles. The maximum absolute atomic E-state index is 13.7. The van der Waals surface area contributed by atoms with Crippen molar-refractivity contribution in [1.82, 2.24) is 15.0 Å². The number of anilines is 1. The van der Waals surface area contributed by atoms with Crippen molar-refractivity contribution < 1.29 is 35.3 Å². The highest BCUT2D eigenvalue weighted by Gasteiger charge is 2.30. The molecule has 0 saturated heterocycles. The summed E-state index contributed by atoms with van der Waals surface area (Å²) in [5, 5.41) is 1.17. The predicted octanol–water partition coefficient (Wildman–Crippen LogP) is 6.96. The van der Waals surface area contributed by atoms with E-state index >= 15 is 0 Å². The first-order valence-electron chi connectivity index (χ1n) is 12.3. The maximum atomic E-state index is 13.7. The second-order valence-corrected chi connectivity index (χ2v) is 10.5. The highest BCUT2D eigenvalue weighted by Crippen LogP contribution is 2.32. The topological polar surface area (TPSA) is 134 Å². The average Bonchev–Trinajstić information content (AvgIpc) is 3.52. The molecule has 0 bridgehead atoms. The minimum Gasteiger partial charge on any atom is -0.486 e. The monoisotopic (exact) mass is 598 g/mol. The van der Waals surface area contributed by atoms with Crippen molar-refractivity contribution in [3.05, 3.63) is 108 Å². The molecule has 6 rings (SSSR count). The maximum Gasteiger partial charge on any atom is 0.416 e. The lowest BCUT2D eigenvalue weighted by atomic mass is 10.0. The van der Waals surface area contributed by atoms with E-state index in [4.69, 9.17) is 10.5 Å². The normalized spacial score (nSPS) is 11.8. The second kappa shape index (κ2) is 11.2. The Balaban J connectivity index is 0.000000295. The zero-order valence-electron chi connectivity index (χ0n) is 21.5. The van der Waals surface area contributed by atoms with Crippen LogP contribution in [0.2, 0.25) is 0 Å². The molecule has 0 aliphatic heterocycles. The molecule has 216 valence electrons. The highest BCUT2D eigenvalue weighted by molar-refractivity contribution is 7.86. The lowest BCUT2D eigenvalue weighted by Gasteiger charge is -2.08. The number of H-pyrrole nitrogens is 2. The number of benzene rings is 4. The smallest absolute Gasteiger partial charge is 0.416 e. The molecule has 0 unspecified atom stereocenters. The Labute approximate surface area is 236 Å². The predicted molar refractivity (Wildman–Crippen MR) is 150 cm³/mol. The quantitative estimate of drug-likeness (QED) is 0.125. The summed E-state index contributed by atoms with van der Waals surface area (Å²) in [6.07, 6.45) is -4.44. The van der Waals surface area contributed by atoms with Crippen molar-refractivity contribution in [2.45, 2.75) is 17.7 Å². The van der Waals surface area contributed by atoms with Crippen molar-refractivity contribution >= 4 is 37.9 Å². The van der Waals surface area contributed by atoms with Gasteiger partial charge in [0.25, 0.3) is 10.1 Å². The van der Waals surface area contributed by atoms with Gasteiger partial charge in [0, 0.05) is 16.5 Å². The van der Waals surface area contributed by atoms with E-state index in [0.29, 0.717) is 22.4 Å². The van der Waals surface area contributed by atoms with Gasteiger partial charge in [-0.1, -0.05) is 24.3 Å². The van der Waals surface area contributed by atoms with Gasteiger partial charge in [0.2, 0.25) is 0 Å². The van der Waals surface area contributed by atoms with Gasteiger partial charge in [0.1, 0.15) is 34.7 Å². The number of hydrogen-bond acceptors (Lipinski definition) is 5. The van der Waals surface area contributed by atoms with Gasteiger partial charge in [0.15, 0.2) is 0 Å². The van der Waals surface area contributed by atoms with E-state index in [0.717, 1.165) is 41.7 Å². The van der Waals surface area contributed by atoms with E-state index in [-0.39, 0.29) is 17.9 Å². The molecule has 6 aromatic rings. The Kier molecular flexibility index (Phi) is 7.63. The van der Waals surface area contributed by atoms with E-state index in [1.54, 1.807) is 6.07 Å². The molecule has 8 nitrogen and oxygen atoms in total. The Bertz CT molecular complexity index is 1950. The van der Waals surface area contributed by atoms with Crippen molar-refractivity contribution in [3.63, 3.8) is 0 Å². The van der Waals surface area contributed by atoms with Gasteiger partial charge in [0.05, 0.1) is 16.6 Å². The summed E-state index contributed by atoms with van der Waals surface area (Å²) in [7, 11) is -4.58. The van der Waals surface area contributed by atoms with Gasteiger partial charge < -0.3 is 20.4 Å². The number of nitrogens with one attached hydrogen (secondary N) is 2. The summed E-state index contributed by atoms with van der Waals surface area (Å²) in [4.78, 5) is 9.86. The Morgan fingerprint density at radius 1 is 0.881 bits per heavy atom. The fourth-order valence-corrected chi connectivity index (χ4v) is 4.93. The molecule has 0 spiro atoms. The number of ether oxygens (including phenoxy) is 1. The van der Waals surface area contributed by atoms with Crippen LogP contribution in [0.15, 0.2) is 95.9 Å². The van der Waals surface area contributed by atoms with Gasteiger partial charge in [-0.25, -0.2) is 9.37 Å². The van der Waals surface area contributed by atoms with E-state index in [1.807, 2.05) is 30.3 Å². The second-order valence-electron chi connectivity index (χ2n) is 9.15. The highest BCUT2D eigenvalue weighted by atomic mass is 32.2. The average molecular weight is 599 g/mol. The third kappa shape index (κ3) is 6.53. The summed E-state index contributed by atoms with van der Waals surface area (Å²) in [5.74, 6) is 0.631. The van der Waals surface area contributed by atoms with Crippen LogP contribution in [0.1, 0.15) is 11.4 Å². The number of rotatable bonds is 5. The zero-order valence-corrected chi connectivity index (χ0v) is 22.3. The first-order chi connectivity index (χ1) is 19.9. The van der Waals surface area contributed by atoms with E-state index in [9.17, 15) is 30.5 Å². The number of aromatic amines is 2. The lowest BCUT2D eigenvalue weighted by molar-refractivity contribution is -0.137. The SMILES string of the molecule is Nc1cc2ccccc2[nH]1.O=S(=O)(O)c1ccc(F)cc1-c1ccc2nc(COc3ccc(C(F)(F)F)cc3)[nH]c2c1. The molecule has 0 fully saturated rings. The fourth-order valence-electron chi connectivity index (χ4n) is 4.24. The number of imidazole rings is 1. The molecule has 2 aromatic heterocycles. The van der Waals surface area contributed by atoms with Gasteiger partial charge in [-0.2, -0.15) is 21.6 Å². The van der Waals surface area contributed by atoms with Crippen LogP contribution in [0.25, 0.3) is 33.1 Å². The van der Waals surface area contributed by atoms with Crippen LogP contribution in [0.3, 0.4) is 0 Å². The third-order valence-corrected chi connectivity index (χ3v) is 7.08. The number of nitrogens with zero attached hydrogens (tertiary/aromatic N) is 1. The van der Waals surface area contributed by atoms with Crippen molar-refractivity contribution in [2.75, 3.05) is 5.73 Å². The molecule has 0 aliphatic rings. The number of nitrogens with two attached hydrogens (primary N) is 1. The fraction of sp³-hybridized carbons (Fsp3) is 0.0690. The summed E-state index contributed by atoms with van der Waals surface area (Å²) < 4.78 is 89.8. The number of alkyl halides is 3. The summed E-state index contributed by atoms with van der Waals surface area (Å²) in [6, 6.07) is 21.7. The van der Waals surface area contributed by atoms with Crippen LogP contribution in [0.4, 0.5) is 23.4 Å². The van der Waals surface area contributed by atoms with Crippen LogP contribution in [0.5, 0.6) is 5.75 Å². The molecular formula is C29H22F4N4O4S. The molecule has 0 amide bonds. The number of halogens is 4. The summed E-state index contributed by atoms with van der Waals surface area (Å²) in [5.41, 5.74) is 7.13. The van der Waals surface area contributed by atoms with Crippen molar-refractivity contribution in [3.8, 4) is 16.9 Å². The van der Waals surface area contributed by atoms with Crippen LogP contribution in [-0.2, 0) is 22.9 Å². The molecular weight excluding hydrogens is 576 g/mol. The molecule has 0 atom stereocenters. The van der Waals surface area contributed by atoms with Crippen molar-refractivity contribution in [1.29, 1.82) is 0 Å². The molecule has 0 radical (unpaired) electrons. The number of fused-ring (bicyclic) bond motifs is 2. The molecule has 0 aliphatic carbocycles. The number of nitrogen functional groups attached to an aromatic ring is 1. The van der Waals surface area contributed by atoms with Gasteiger partial charge in [-0.05, 0) is 72.3 Å². The number of para-hydroxylation sites is 1. The molecule has 13 heteroatoms. The molecule has 2 heterocycles. The lowest BCUT2D eigenvalue weighted by Crippen LogP contribution is -2.04. The van der Waals surface area contributed by atoms with Gasteiger partial charge in [-0.15, -0.1) is 0 Å². The Morgan fingerprint density at radius 3 is 2.31 bits per heavy atom. The summed E-state index contributed by atoms with van der Waals surface area (Å²) in [6.45, 7) is -0.0639. The Hall–Kier alpha value is -4.88. The van der Waals surface area contributed by atoms with Crippen LogP contribution >= 0.6 is 0 Å². The Morgan fingerprint density at radius 2 is 1.62 bits per heavy atom. The van der Waals surface area contributed by atoms with Gasteiger partial charge >= 0.3 is 6.18 Å². The zero-order chi connectivity index (χ0) is 30.1. The van der Waals surface area contributed by atoms with E-state index in [2.05, 4.69) is 15.0 Å².